The molecule has 1 amide bonds. The lowest BCUT2D eigenvalue weighted by Gasteiger charge is -2.17. The van der Waals surface area contributed by atoms with Crippen molar-refractivity contribution in [1.82, 2.24) is 25.5 Å². The Bertz CT molecular complexity index is 843. The van der Waals surface area contributed by atoms with Gasteiger partial charge in [-0.2, -0.15) is 4.80 Å². The minimum atomic E-state index is -0.438. The van der Waals surface area contributed by atoms with Gasteiger partial charge in [0.25, 0.3) is 11.9 Å². The number of hydrogen-bond donors (Lipinski definition) is 2. The zero-order valence-electron chi connectivity index (χ0n) is 17.9. The molecule has 0 unspecified atom stereocenters. The summed E-state index contributed by atoms with van der Waals surface area (Å²) in [5.41, 5.74) is 0.311. The molecule has 164 valence electrons. The van der Waals surface area contributed by atoms with E-state index in [1.54, 1.807) is 12.1 Å². The first-order chi connectivity index (χ1) is 14.4. The van der Waals surface area contributed by atoms with E-state index in [-0.39, 0.29) is 11.1 Å². The first-order valence-corrected chi connectivity index (χ1v) is 10.2. The lowest BCUT2D eigenvalue weighted by molar-refractivity contribution is 0.0976. The maximum Gasteiger partial charge on any atom is 0.269 e. The molecule has 2 rings (SSSR count). The summed E-state index contributed by atoms with van der Waals surface area (Å²) in [5.74, 6) is 1.45. The molecule has 0 aliphatic carbocycles. The van der Waals surface area contributed by atoms with Crippen molar-refractivity contribution >= 4 is 29.2 Å². The molecule has 0 saturated carbocycles. The van der Waals surface area contributed by atoms with Crippen LogP contribution in [0.4, 0.5) is 5.95 Å². The summed E-state index contributed by atoms with van der Waals surface area (Å²) < 4.78 is 16.9. The number of thiocarbonyl (C=S) groups is 1. The Kier molecular flexibility index (Phi) is 8.78. The van der Waals surface area contributed by atoms with Gasteiger partial charge in [-0.25, -0.2) is 0 Å². The predicted octanol–water partition coefficient (Wildman–Crippen LogP) is 2.65. The third kappa shape index (κ3) is 6.55. The Labute approximate surface area is 181 Å². The van der Waals surface area contributed by atoms with Crippen molar-refractivity contribution in [2.45, 2.75) is 41.2 Å². The van der Waals surface area contributed by atoms with Crippen molar-refractivity contribution in [2.24, 2.45) is 5.92 Å². The first kappa shape index (κ1) is 23.3. The normalized spacial score (nSPS) is 10.6. The summed E-state index contributed by atoms with van der Waals surface area (Å²) in [6, 6.07) is 3.18. The van der Waals surface area contributed by atoms with Gasteiger partial charge in [-0.1, -0.05) is 18.9 Å². The van der Waals surface area contributed by atoms with E-state index in [0.717, 1.165) is 0 Å². The highest BCUT2D eigenvalue weighted by molar-refractivity contribution is 7.80. The Morgan fingerprint density at radius 1 is 1.10 bits per heavy atom. The number of tetrazole rings is 1. The van der Waals surface area contributed by atoms with Crippen LogP contribution in [0.3, 0.4) is 0 Å². The summed E-state index contributed by atoms with van der Waals surface area (Å²) in [6.07, 6.45) is 0. The topological polar surface area (TPSA) is 112 Å². The molecule has 0 fully saturated rings. The Morgan fingerprint density at radius 2 is 1.70 bits per heavy atom. The highest BCUT2D eigenvalue weighted by Gasteiger charge is 2.19. The molecule has 0 spiro atoms. The summed E-state index contributed by atoms with van der Waals surface area (Å²) >= 11 is 5.20. The highest BCUT2D eigenvalue weighted by Crippen LogP contribution is 2.39. The number of rotatable bonds is 10. The molecule has 0 aliphatic heterocycles. The lowest BCUT2D eigenvalue weighted by atomic mass is 10.1. The van der Waals surface area contributed by atoms with Gasteiger partial charge in [0.15, 0.2) is 16.6 Å². The molecule has 30 heavy (non-hydrogen) atoms. The average Bonchev–Trinajstić information content (AvgIpc) is 3.10. The quantitative estimate of drug-likeness (QED) is 0.543. The molecule has 11 heteroatoms. The molecule has 1 heterocycles. The van der Waals surface area contributed by atoms with Gasteiger partial charge in [-0.05, 0) is 56.3 Å². The number of amides is 1. The monoisotopic (exact) mass is 436 g/mol. The summed E-state index contributed by atoms with van der Waals surface area (Å²) in [4.78, 5) is 14.2. The van der Waals surface area contributed by atoms with Gasteiger partial charge in [0.05, 0.1) is 26.4 Å². The van der Waals surface area contributed by atoms with Crippen molar-refractivity contribution in [3.63, 3.8) is 0 Å². The molecule has 0 radical (unpaired) electrons. The van der Waals surface area contributed by atoms with Crippen LogP contribution in [0.2, 0.25) is 0 Å². The van der Waals surface area contributed by atoms with E-state index in [2.05, 4.69) is 26.0 Å². The Hall–Kier alpha value is -2.95. The van der Waals surface area contributed by atoms with E-state index in [0.29, 0.717) is 55.1 Å². The minimum Gasteiger partial charge on any atom is -0.490 e. The van der Waals surface area contributed by atoms with Crippen LogP contribution >= 0.6 is 12.2 Å². The number of ether oxygens (including phenoxy) is 3. The van der Waals surface area contributed by atoms with Crippen LogP contribution in [-0.4, -0.2) is 51.0 Å². The van der Waals surface area contributed by atoms with Gasteiger partial charge in [0, 0.05) is 5.56 Å². The number of aromatic nitrogens is 4. The minimum absolute atomic E-state index is 0.0499. The maximum atomic E-state index is 12.7. The zero-order chi connectivity index (χ0) is 22.1. The van der Waals surface area contributed by atoms with Crippen LogP contribution in [0.5, 0.6) is 17.2 Å². The lowest BCUT2D eigenvalue weighted by Crippen LogP contribution is -2.34. The first-order valence-electron chi connectivity index (χ1n) is 9.84. The van der Waals surface area contributed by atoms with Gasteiger partial charge < -0.3 is 14.2 Å². The number of carbonyl (C=O) groups is 1. The van der Waals surface area contributed by atoms with Crippen molar-refractivity contribution in [2.75, 3.05) is 25.1 Å². The van der Waals surface area contributed by atoms with Crippen molar-refractivity contribution in [3.8, 4) is 17.2 Å². The number of hydrogen-bond acceptors (Lipinski definition) is 8. The second kappa shape index (κ2) is 11.3. The fraction of sp³-hybridized carbons (Fsp3) is 0.526. The van der Waals surface area contributed by atoms with Crippen molar-refractivity contribution in [1.29, 1.82) is 0 Å². The fourth-order valence-electron chi connectivity index (χ4n) is 2.53. The van der Waals surface area contributed by atoms with Crippen molar-refractivity contribution in [3.05, 3.63) is 17.7 Å². The summed E-state index contributed by atoms with van der Waals surface area (Å²) in [7, 11) is 0. The largest absolute Gasteiger partial charge is 0.490 e. The molecule has 1 aromatic carbocycles. The van der Waals surface area contributed by atoms with Gasteiger partial charge in [-0.3, -0.25) is 15.4 Å². The molecule has 1 aromatic heterocycles. The van der Waals surface area contributed by atoms with Crippen molar-refractivity contribution < 1.29 is 19.0 Å². The van der Waals surface area contributed by atoms with E-state index < -0.39 is 5.91 Å². The Balaban J connectivity index is 2.14. The number of nitrogens with one attached hydrogen (secondary N) is 2. The molecule has 10 nitrogen and oxygen atoms in total. The second-order valence-electron chi connectivity index (χ2n) is 6.57. The molecule has 0 bridgehead atoms. The number of anilines is 1. The second-order valence-corrected chi connectivity index (χ2v) is 6.98. The van der Waals surface area contributed by atoms with Crippen LogP contribution in [0, 0.1) is 5.92 Å². The van der Waals surface area contributed by atoms with E-state index >= 15 is 0 Å². The van der Waals surface area contributed by atoms with Gasteiger partial charge in [0.2, 0.25) is 5.75 Å². The highest BCUT2D eigenvalue weighted by atomic mass is 32.1. The van der Waals surface area contributed by atoms with Crippen LogP contribution in [0.1, 0.15) is 45.0 Å². The summed E-state index contributed by atoms with van der Waals surface area (Å²) in [6.45, 7) is 11.5. The van der Waals surface area contributed by atoms with Gasteiger partial charge >= 0.3 is 0 Å². The molecular weight excluding hydrogens is 408 g/mol. The number of benzene rings is 1. The van der Waals surface area contributed by atoms with Gasteiger partial charge in [0.1, 0.15) is 0 Å². The Morgan fingerprint density at radius 3 is 2.23 bits per heavy atom. The third-order valence-corrected chi connectivity index (χ3v) is 3.81. The van der Waals surface area contributed by atoms with E-state index in [9.17, 15) is 4.79 Å². The SMILES string of the molecule is CCOc1cc(C(=O)NC(=S)Nc2nnn(CC(C)C)n2)cc(OCC)c1OCC. The zero-order valence-corrected chi connectivity index (χ0v) is 18.7. The molecule has 0 aliphatic rings. The standard InChI is InChI=1S/C19H28N6O4S/c1-6-27-14-9-13(10-15(28-7-2)16(14)29-8-3)17(26)20-19(30)21-18-22-24-25(23-18)11-12(4)5/h9-10,12H,6-8,11H2,1-5H3,(H2,20,21,23,26,30). The summed E-state index contributed by atoms with van der Waals surface area (Å²) in [5, 5.41) is 17.4. The molecular formula is C19H28N6O4S. The fourth-order valence-corrected chi connectivity index (χ4v) is 2.71. The maximum absolute atomic E-state index is 12.7. The smallest absolute Gasteiger partial charge is 0.269 e. The molecule has 2 aromatic rings. The number of carbonyl (C=O) groups excluding carboxylic acids is 1. The van der Waals surface area contributed by atoms with Crippen LogP contribution in [0.25, 0.3) is 0 Å². The van der Waals surface area contributed by atoms with Crippen LogP contribution < -0.4 is 24.8 Å². The van der Waals surface area contributed by atoms with Crippen LogP contribution in [0.15, 0.2) is 12.1 Å². The van der Waals surface area contributed by atoms with E-state index in [1.807, 2.05) is 34.6 Å². The predicted molar refractivity (Wildman–Crippen MR) is 116 cm³/mol. The average molecular weight is 437 g/mol. The molecule has 0 atom stereocenters. The third-order valence-electron chi connectivity index (χ3n) is 3.61. The number of nitrogens with zero attached hydrogens (tertiary/aromatic N) is 4. The molecule has 2 N–H and O–H groups in total. The van der Waals surface area contributed by atoms with E-state index in [4.69, 9.17) is 26.4 Å². The van der Waals surface area contributed by atoms with Gasteiger partial charge in [-0.15, -0.1) is 5.10 Å². The molecule has 0 saturated heterocycles. The van der Waals surface area contributed by atoms with Crippen LogP contribution in [-0.2, 0) is 6.54 Å². The van der Waals surface area contributed by atoms with E-state index in [1.165, 1.54) is 4.80 Å².